The van der Waals surface area contributed by atoms with E-state index in [4.69, 9.17) is 19.6 Å². The van der Waals surface area contributed by atoms with E-state index in [1.54, 1.807) is 30.2 Å². The van der Waals surface area contributed by atoms with Gasteiger partial charge in [0.15, 0.2) is 0 Å². The third-order valence-electron chi connectivity index (χ3n) is 6.45. The van der Waals surface area contributed by atoms with Crippen LogP contribution in [-0.2, 0) is 6.54 Å². The Bertz CT molecular complexity index is 1370. The van der Waals surface area contributed by atoms with Crippen molar-refractivity contribution in [2.75, 3.05) is 51.4 Å². The van der Waals surface area contributed by atoms with Gasteiger partial charge < -0.3 is 19.5 Å². The number of fused-ring (bicyclic) bond motifs is 1. The van der Waals surface area contributed by atoms with E-state index in [1.165, 1.54) is 0 Å². The third kappa shape index (κ3) is 5.48. The molecule has 10 heteroatoms. The third-order valence-corrected chi connectivity index (χ3v) is 6.45. The normalized spacial score (nSPS) is 14.0. The van der Waals surface area contributed by atoms with Gasteiger partial charge in [0.25, 0.3) is 0 Å². The number of nitriles is 1. The highest BCUT2D eigenvalue weighted by atomic mass is 16.5. The SMILES string of the molecule is COc1ccc(CN2CCN(c3ccc(-c4cc(OCCCO)cn5ncc(C#N)c45)cn3)CC2)nc1. The van der Waals surface area contributed by atoms with Crippen LogP contribution in [0.15, 0.2) is 55.1 Å². The lowest BCUT2D eigenvalue weighted by molar-refractivity contribution is 0.233. The minimum atomic E-state index is 0.0630. The minimum Gasteiger partial charge on any atom is -0.495 e. The smallest absolute Gasteiger partial charge is 0.138 e. The molecule has 0 saturated carbocycles. The van der Waals surface area contributed by atoms with Crippen molar-refractivity contribution in [2.24, 2.45) is 0 Å². The number of methoxy groups -OCH3 is 1. The summed E-state index contributed by atoms with van der Waals surface area (Å²) in [5, 5.41) is 23.0. The molecule has 4 aromatic heterocycles. The van der Waals surface area contributed by atoms with Crippen molar-refractivity contribution in [2.45, 2.75) is 13.0 Å². The number of aromatic nitrogens is 4. The maximum Gasteiger partial charge on any atom is 0.138 e. The van der Waals surface area contributed by atoms with Crippen molar-refractivity contribution in [1.82, 2.24) is 24.5 Å². The summed E-state index contributed by atoms with van der Waals surface area (Å²) in [4.78, 5) is 13.9. The lowest BCUT2D eigenvalue weighted by atomic mass is 10.1. The molecule has 5 rings (SSSR count). The highest BCUT2D eigenvalue weighted by Gasteiger charge is 2.19. The molecule has 0 atom stereocenters. The van der Waals surface area contributed by atoms with Crippen LogP contribution in [0.1, 0.15) is 17.7 Å². The predicted molar refractivity (Wildman–Crippen MR) is 139 cm³/mol. The number of ether oxygens (including phenoxy) is 2. The van der Waals surface area contributed by atoms with Crippen LogP contribution in [0, 0.1) is 11.3 Å². The fourth-order valence-corrected chi connectivity index (χ4v) is 4.45. The Kier molecular flexibility index (Phi) is 7.44. The first-order chi connectivity index (χ1) is 18.2. The van der Waals surface area contributed by atoms with Gasteiger partial charge in [-0.3, -0.25) is 9.88 Å². The van der Waals surface area contributed by atoms with Crippen molar-refractivity contribution in [3.63, 3.8) is 0 Å². The van der Waals surface area contributed by atoms with Gasteiger partial charge in [-0.15, -0.1) is 0 Å². The Morgan fingerprint density at radius 1 is 1.03 bits per heavy atom. The summed E-state index contributed by atoms with van der Waals surface area (Å²) >= 11 is 0. The fourth-order valence-electron chi connectivity index (χ4n) is 4.45. The molecule has 1 aliphatic heterocycles. The molecule has 1 N–H and O–H groups in total. The molecule has 0 aliphatic carbocycles. The van der Waals surface area contributed by atoms with Crippen molar-refractivity contribution >= 4 is 11.3 Å². The topological polar surface area (TPSA) is 112 Å². The van der Waals surface area contributed by atoms with Crippen LogP contribution in [0.2, 0.25) is 0 Å². The maximum absolute atomic E-state index is 9.59. The van der Waals surface area contributed by atoms with Gasteiger partial charge in [-0.1, -0.05) is 0 Å². The van der Waals surface area contributed by atoms with Gasteiger partial charge in [-0.2, -0.15) is 10.4 Å². The molecule has 5 heterocycles. The molecule has 4 aromatic rings. The minimum absolute atomic E-state index is 0.0630. The van der Waals surface area contributed by atoms with Gasteiger partial charge in [0.05, 0.1) is 49.1 Å². The van der Waals surface area contributed by atoms with Crippen LogP contribution in [-0.4, -0.2) is 76.1 Å². The molecule has 1 saturated heterocycles. The molecule has 190 valence electrons. The molecular formula is C27H29N7O3. The first-order valence-corrected chi connectivity index (χ1v) is 12.3. The monoisotopic (exact) mass is 499 g/mol. The van der Waals surface area contributed by atoms with E-state index in [9.17, 15) is 5.26 Å². The van der Waals surface area contributed by atoms with Crippen molar-refractivity contribution in [3.8, 4) is 28.7 Å². The average Bonchev–Trinajstić information content (AvgIpc) is 3.37. The summed E-state index contributed by atoms with van der Waals surface area (Å²) in [6.45, 7) is 4.87. The molecule has 0 spiro atoms. The summed E-state index contributed by atoms with van der Waals surface area (Å²) in [6, 6.07) is 12.1. The standard InChI is InChI=1S/C27H29N7O3/c1-36-23-5-4-22(29-17-23)18-32-7-9-33(10-8-32)26-6-3-20(15-30-26)25-13-24(37-12-2-11-35)19-34-27(25)21(14-28)16-31-34/h3-6,13,15-17,19,35H,2,7-12,18H2,1H3. The van der Waals surface area contributed by atoms with Crippen molar-refractivity contribution in [3.05, 3.63) is 66.4 Å². The quantitative estimate of drug-likeness (QED) is 0.347. The number of aliphatic hydroxyl groups excluding tert-OH is 1. The molecule has 37 heavy (non-hydrogen) atoms. The number of pyridine rings is 3. The van der Waals surface area contributed by atoms with Crippen LogP contribution < -0.4 is 14.4 Å². The highest BCUT2D eigenvalue weighted by Crippen LogP contribution is 2.31. The first kappa shape index (κ1) is 24.5. The van der Waals surface area contributed by atoms with Crippen LogP contribution in [0.4, 0.5) is 5.82 Å². The molecule has 1 fully saturated rings. The largest absolute Gasteiger partial charge is 0.495 e. The van der Waals surface area contributed by atoms with Gasteiger partial charge in [0.1, 0.15) is 23.4 Å². The zero-order valence-electron chi connectivity index (χ0n) is 20.7. The number of piperazine rings is 1. The molecule has 1 aliphatic rings. The maximum atomic E-state index is 9.59. The van der Waals surface area contributed by atoms with E-state index in [2.05, 4.69) is 26.0 Å². The summed E-state index contributed by atoms with van der Waals surface area (Å²) in [6.07, 6.45) is 7.43. The van der Waals surface area contributed by atoms with Crippen LogP contribution in [0.3, 0.4) is 0 Å². The Balaban J connectivity index is 1.29. The van der Waals surface area contributed by atoms with Crippen molar-refractivity contribution < 1.29 is 14.6 Å². The summed E-state index contributed by atoms with van der Waals surface area (Å²) in [5.74, 6) is 2.31. The zero-order chi connectivity index (χ0) is 25.6. The van der Waals surface area contributed by atoms with E-state index in [1.807, 2.05) is 36.5 Å². The fraction of sp³-hybridized carbons (Fsp3) is 0.333. The number of hydrogen-bond donors (Lipinski definition) is 1. The number of nitrogens with zero attached hydrogens (tertiary/aromatic N) is 7. The van der Waals surface area contributed by atoms with E-state index < -0.39 is 0 Å². The molecule has 0 bridgehead atoms. The van der Waals surface area contributed by atoms with Crippen LogP contribution in [0.25, 0.3) is 16.6 Å². The Labute approximate surface area is 215 Å². The number of hydrogen-bond acceptors (Lipinski definition) is 9. The van der Waals surface area contributed by atoms with Gasteiger partial charge in [-0.25, -0.2) is 9.50 Å². The van der Waals surface area contributed by atoms with Gasteiger partial charge in [-0.05, 0) is 30.3 Å². The van der Waals surface area contributed by atoms with Gasteiger partial charge in [0.2, 0.25) is 0 Å². The molecule has 10 nitrogen and oxygen atoms in total. The Morgan fingerprint density at radius 3 is 2.57 bits per heavy atom. The molecule has 0 aromatic carbocycles. The second kappa shape index (κ2) is 11.2. The number of aliphatic hydroxyl groups is 1. The van der Waals surface area contributed by atoms with Crippen LogP contribution in [0.5, 0.6) is 11.5 Å². The summed E-state index contributed by atoms with van der Waals surface area (Å²) < 4.78 is 12.6. The molecule has 0 unspecified atom stereocenters. The molecule has 0 radical (unpaired) electrons. The summed E-state index contributed by atoms with van der Waals surface area (Å²) in [7, 11) is 1.64. The Hall–Kier alpha value is -4.20. The van der Waals surface area contributed by atoms with E-state index in [0.29, 0.717) is 29.9 Å². The zero-order valence-corrected chi connectivity index (χ0v) is 20.7. The van der Waals surface area contributed by atoms with Crippen molar-refractivity contribution in [1.29, 1.82) is 5.26 Å². The molecular weight excluding hydrogens is 470 g/mol. The highest BCUT2D eigenvalue weighted by molar-refractivity contribution is 5.85. The van der Waals surface area contributed by atoms with E-state index in [-0.39, 0.29) is 6.61 Å². The number of anilines is 1. The average molecular weight is 500 g/mol. The predicted octanol–water partition coefficient (Wildman–Crippen LogP) is 2.75. The Morgan fingerprint density at radius 2 is 1.89 bits per heavy atom. The van der Waals surface area contributed by atoms with Gasteiger partial charge in [0, 0.05) is 63.1 Å². The summed E-state index contributed by atoms with van der Waals surface area (Å²) in [5.41, 5.74) is 3.94. The van der Waals surface area contributed by atoms with E-state index in [0.717, 1.165) is 61.1 Å². The molecule has 0 amide bonds. The lowest BCUT2D eigenvalue weighted by Gasteiger charge is -2.35. The lowest BCUT2D eigenvalue weighted by Crippen LogP contribution is -2.46. The first-order valence-electron chi connectivity index (χ1n) is 12.3. The van der Waals surface area contributed by atoms with Crippen LogP contribution >= 0.6 is 0 Å². The second-order valence-electron chi connectivity index (χ2n) is 8.84. The van der Waals surface area contributed by atoms with E-state index >= 15 is 0 Å². The van der Waals surface area contributed by atoms with Gasteiger partial charge >= 0.3 is 0 Å². The second-order valence-corrected chi connectivity index (χ2v) is 8.84. The number of rotatable bonds is 9.